The molecule has 4 rings (SSSR count). The fourth-order valence-corrected chi connectivity index (χ4v) is 4.71. The van der Waals surface area contributed by atoms with E-state index in [1.54, 1.807) is 32.1 Å². The Bertz CT molecular complexity index is 183. The fraction of sp³-hybridized carbons (Fsp3) is 1.00. The summed E-state index contributed by atoms with van der Waals surface area (Å²) in [5, 5.41) is 2.69. The normalized spacial score (nSPS) is 49.9. The van der Waals surface area contributed by atoms with E-state index >= 15 is 0 Å². The molecule has 0 aliphatic heterocycles. The summed E-state index contributed by atoms with van der Waals surface area (Å²) >= 11 is 0. The highest BCUT2D eigenvalue weighted by Crippen LogP contribution is 2.52. The summed E-state index contributed by atoms with van der Waals surface area (Å²) < 4.78 is 0. The van der Waals surface area contributed by atoms with Crippen LogP contribution in [0.5, 0.6) is 0 Å². The van der Waals surface area contributed by atoms with Gasteiger partial charge in [-0.3, -0.25) is 0 Å². The number of hydrogen-bond acceptors (Lipinski definition) is 0. The Morgan fingerprint density at radius 1 is 0.929 bits per heavy atom. The summed E-state index contributed by atoms with van der Waals surface area (Å²) in [4.78, 5) is 0. The first-order valence-corrected chi connectivity index (χ1v) is 6.70. The van der Waals surface area contributed by atoms with Gasteiger partial charge in [0.15, 0.2) is 0 Å². The Kier molecular flexibility index (Phi) is 2.31. The summed E-state index contributed by atoms with van der Waals surface area (Å²) in [5.41, 5.74) is 0. The molecule has 0 atom stereocenters. The smallest absolute Gasteiger partial charge is 0.0916 e. The molecule has 4 bridgehead atoms. The summed E-state index contributed by atoms with van der Waals surface area (Å²) in [6, 6.07) is 1.03. The molecule has 2 N–H and O–H groups in total. The maximum Gasteiger partial charge on any atom is 0.0916 e. The lowest BCUT2D eigenvalue weighted by Crippen LogP contribution is -2.94. The number of nitrogens with two attached hydrogens (primary N) is 1. The molecule has 0 aromatic rings. The predicted octanol–water partition coefficient (Wildman–Crippen LogP) is 1.78. The Labute approximate surface area is 87.7 Å². The standard InChI is InChI=1S/C13H23N/c1-2-3-14-13-11-5-9-4-10(7-11)8-12(13)6-9/h9-14H,2-8H2,1H3/p+1. The van der Waals surface area contributed by atoms with Crippen LogP contribution in [0.3, 0.4) is 0 Å². The minimum absolute atomic E-state index is 1.03. The quantitative estimate of drug-likeness (QED) is 0.705. The van der Waals surface area contributed by atoms with Crippen molar-refractivity contribution in [1.82, 2.24) is 0 Å². The van der Waals surface area contributed by atoms with Gasteiger partial charge in [0, 0.05) is 11.8 Å². The van der Waals surface area contributed by atoms with Crippen LogP contribution in [-0.2, 0) is 0 Å². The zero-order valence-electron chi connectivity index (χ0n) is 9.41. The minimum Gasteiger partial charge on any atom is -0.343 e. The second kappa shape index (κ2) is 3.52. The third-order valence-corrected chi connectivity index (χ3v) is 5.03. The lowest BCUT2D eigenvalue weighted by Gasteiger charge is -2.52. The minimum atomic E-state index is 1.03. The lowest BCUT2D eigenvalue weighted by molar-refractivity contribution is -0.708. The lowest BCUT2D eigenvalue weighted by atomic mass is 9.54. The van der Waals surface area contributed by atoms with E-state index in [9.17, 15) is 0 Å². The summed E-state index contributed by atoms with van der Waals surface area (Å²) in [7, 11) is 0. The highest BCUT2D eigenvalue weighted by atomic mass is 14.9. The van der Waals surface area contributed by atoms with Gasteiger partial charge in [-0.2, -0.15) is 0 Å². The molecule has 0 aromatic carbocycles. The molecule has 4 fully saturated rings. The van der Waals surface area contributed by atoms with E-state index in [-0.39, 0.29) is 0 Å². The molecule has 0 spiro atoms. The number of hydrogen-bond donors (Lipinski definition) is 1. The molecule has 1 nitrogen and oxygen atoms in total. The average Bonchev–Trinajstić information content (AvgIpc) is 2.15. The predicted molar refractivity (Wildman–Crippen MR) is 57.9 cm³/mol. The molecule has 4 saturated carbocycles. The van der Waals surface area contributed by atoms with Gasteiger partial charge in [-0.1, -0.05) is 6.92 Å². The van der Waals surface area contributed by atoms with Gasteiger partial charge in [0.05, 0.1) is 12.6 Å². The van der Waals surface area contributed by atoms with Crippen LogP contribution in [0.1, 0.15) is 45.4 Å². The van der Waals surface area contributed by atoms with Crippen LogP contribution in [0.2, 0.25) is 0 Å². The van der Waals surface area contributed by atoms with Gasteiger partial charge >= 0.3 is 0 Å². The number of quaternary nitrogens is 1. The molecule has 0 saturated heterocycles. The van der Waals surface area contributed by atoms with Crippen LogP contribution in [0.25, 0.3) is 0 Å². The van der Waals surface area contributed by atoms with Gasteiger partial charge in [-0.15, -0.1) is 0 Å². The maximum atomic E-state index is 2.69. The van der Waals surface area contributed by atoms with E-state index in [2.05, 4.69) is 12.2 Å². The van der Waals surface area contributed by atoms with E-state index < -0.39 is 0 Å². The molecule has 14 heavy (non-hydrogen) atoms. The Morgan fingerprint density at radius 3 is 2.00 bits per heavy atom. The van der Waals surface area contributed by atoms with Crippen molar-refractivity contribution in [3.63, 3.8) is 0 Å². The molecular formula is C13H24N+. The van der Waals surface area contributed by atoms with Gasteiger partial charge in [0.2, 0.25) is 0 Å². The largest absolute Gasteiger partial charge is 0.343 e. The highest BCUT2D eigenvalue weighted by molar-refractivity contribution is 4.97. The van der Waals surface area contributed by atoms with E-state index in [0.29, 0.717) is 0 Å². The van der Waals surface area contributed by atoms with Crippen LogP contribution >= 0.6 is 0 Å². The van der Waals surface area contributed by atoms with Crippen LogP contribution in [0, 0.1) is 23.7 Å². The van der Waals surface area contributed by atoms with Gasteiger partial charge in [0.25, 0.3) is 0 Å². The van der Waals surface area contributed by atoms with Gasteiger partial charge in [-0.25, -0.2) is 0 Å². The van der Waals surface area contributed by atoms with Gasteiger partial charge in [0.1, 0.15) is 0 Å². The van der Waals surface area contributed by atoms with Gasteiger partial charge in [-0.05, 0) is 50.4 Å². The third-order valence-electron chi connectivity index (χ3n) is 5.03. The highest BCUT2D eigenvalue weighted by Gasteiger charge is 2.49. The van der Waals surface area contributed by atoms with E-state index in [4.69, 9.17) is 0 Å². The van der Waals surface area contributed by atoms with E-state index in [0.717, 1.165) is 29.7 Å². The zero-order valence-corrected chi connectivity index (χ0v) is 9.41. The van der Waals surface area contributed by atoms with Crippen molar-refractivity contribution in [2.45, 2.75) is 51.5 Å². The van der Waals surface area contributed by atoms with Crippen LogP contribution in [0.4, 0.5) is 0 Å². The van der Waals surface area contributed by atoms with Crippen molar-refractivity contribution < 1.29 is 5.32 Å². The first-order valence-electron chi connectivity index (χ1n) is 6.70. The average molecular weight is 194 g/mol. The van der Waals surface area contributed by atoms with Crippen LogP contribution in [0.15, 0.2) is 0 Å². The second-order valence-electron chi connectivity index (χ2n) is 6.03. The van der Waals surface area contributed by atoms with Crippen molar-refractivity contribution in [3.05, 3.63) is 0 Å². The second-order valence-corrected chi connectivity index (χ2v) is 6.03. The van der Waals surface area contributed by atoms with Crippen molar-refractivity contribution in [2.24, 2.45) is 23.7 Å². The Morgan fingerprint density at radius 2 is 1.50 bits per heavy atom. The topological polar surface area (TPSA) is 16.6 Å². The Hall–Kier alpha value is -0.0400. The molecular weight excluding hydrogens is 170 g/mol. The molecule has 0 heterocycles. The van der Waals surface area contributed by atoms with Crippen molar-refractivity contribution in [2.75, 3.05) is 6.54 Å². The monoisotopic (exact) mass is 194 g/mol. The zero-order chi connectivity index (χ0) is 9.54. The Balaban J connectivity index is 1.69. The SMILES string of the molecule is CCC[NH2+]C1C2CC3CC(C2)CC1C3. The molecule has 80 valence electrons. The molecule has 0 amide bonds. The van der Waals surface area contributed by atoms with Crippen LogP contribution < -0.4 is 5.32 Å². The summed E-state index contributed by atoms with van der Waals surface area (Å²) in [5.74, 6) is 4.50. The first-order chi connectivity index (χ1) is 6.86. The molecule has 0 radical (unpaired) electrons. The first kappa shape index (κ1) is 9.21. The summed E-state index contributed by atoms with van der Waals surface area (Å²) in [6.45, 7) is 3.68. The molecule has 4 aliphatic carbocycles. The summed E-state index contributed by atoms with van der Waals surface area (Å²) in [6.07, 6.45) is 9.27. The molecule has 1 heteroatoms. The fourth-order valence-electron chi connectivity index (χ4n) is 4.71. The van der Waals surface area contributed by atoms with Gasteiger partial charge < -0.3 is 5.32 Å². The molecule has 0 aromatic heterocycles. The number of rotatable bonds is 3. The maximum absolute atomic E-state index is 2.69. The van der Waals surface area contributed by atoms with E-state index in [1.165, 1.54) is 13.0 Å². The molecule has 0 unspecified atom stereocenters. The van der Waals surface area contributed by atoms with Crippen molar-refractivity contribution in [1.29, 1.82) is 0 Å². The van der Waals surface area contributed by atoms with Crippen LogP contribution in [-0.4, -0.2) is 12.6 Å². The molecule has 4 aliphatic rings. The third kappa shape index (κ3) is 1.41. The van der Waals surface area contributed by atoms with E-state index in [1.807, 2.05) is 0 Å². The van der Waals surface area contributed by atoms with Crippen molar-refractivity contribution >= 4 is 0 Å². The van der Waals surface area contributed by atoms with Crippen molar-refractivity contribution in [3.8, 4) is 0 Å².